The lowest BCUT2D eigenvalue weighted by Gasteiger charge is -2.37. The van der Waals surface area contributed by atoms with Gasteiger partial charge in [-0.3, -0.25) is 14.3 Å². The molecule has 2 saturated heterocycles. The molecular formula is C26H40FN4O6PS2Si. The van der Waals surface area contributed by atoms with Gasteiger partial charge >= 0.3 is 0 Å². The minimum absolute atomic E-state index is 0.00218. The molecule has 2 N–H and O–H groups in total. The van der Waals surface area contributed by atoms with E-state index in [2.05, 4.69) is 62.3 Å². The number of aromatic amines is 1. The van der Waals surface area contributed by atoms with E-state index in [0.29, 0.717) is 5.92 Å². The minimum Gasteiger partial charge on any atom is -0.480 e. The van der Waals surface area contributed by atoms with Gasteiger partial charge in [-0.1, -0.05) is 44.3 Å². The molecule has 10 nitrogen and oxygen atoms in total. The summed E-state index contributed by atoms with van der Waals surface area (Å²) in [7, 11) is -2.22. The summed E-state index contributed by atoms with van der Waals surface area (Å²) >= 11 is 7.53. The smallest absolute Gasteiger partial charge is 0.296 e. The normalized spacial score (nSPS) is 36.1. The fraction of sp³-hybridized carbons (Fsp3) is 0.731. The van der Waals surface area contributed by atoms with Crippen molar-refractivity contribution in [1.82, 2.24) is 19.5 Å². The number of hydrogen-bond donors (Lipinski definition) is 2. The number of alkyl halides is 1. The molecule has 15 heteroatoms. The fourth-order valence-corrected chi connectivity index (χ4v) is 13.9. The molecule has 1 aliphatic carbocycles. The number of halogens is 1. The Hall–Kier alpha value is -1.12. The van der Waals surface area contributed by atoms with Crippen LogP contribution in [0.4, 0.5) is 4.39 Å². The van der Waals surface area contributed by atoms with E-state index < -0.39 is 50.2 Å². The third-order valence-corrected chi connectivity index (χ3v) is 19.3. The second-order valence-corrected chi connectivity index (χ2v) is 24.5. The van der Waals surface area contributed by atoms with Crippen LogP contribution in [0.15, 0.2) is 23.3 Å². The molecule has 228 valence electrons. The molecule has 8 atom stereocenters. The zero-order valence-corrected chi connectivity index (χ0v) is 28.1. The van der Waals surface area contributed by atoms with E-state index in [4.69, 9.17) is 30.0 Å². The summed E-state index contributed by atoms with van der Waals surface area (Å²) in [4.78, 5) is 22.6. The third-order valence-electron chi connectivity index (χ3n) is 9.07. The van der Waals surface area contributed by atoms with Gasteiger partial charge in [-0.2, -0.15) is 4.98 Å². The second-order valence-electron chi connectivity index (χ2n) is 13.1. The number of ether oxygens (including phenoxy) is 1. The van der Waals surface area contributed by atoms with Crippen LogP contribution in [0.3, 0.4) is 0 Å². The minimum atomic E-state index is -2.96. The second kappa shape index (κ2) is 10.8. The molecule has 5 rings (SSSR count). The molecule has 1 saturated carbocycles. The van der Waals surface area contributed by atoms with Gasteiger partial charge in [0.2, 0.25) is 5.69 Å². The quantitative estimate of drug-likeness (QED) is 0.212. The number of hydrogen-bond acceptors (Lipinski definition) is 10. The van der Waals surface area contributed by atoms with Crippen LogP contribution in [0, 0.1) is 5.92 Å². The topological polar surface area (TPSA) is 121 Å². The maximum Gasteiger partial charge on any atom is 0.296 e. The van der Waals surface area contributed by atoms with Crippen LogP contribution in [0.2, 0.25) is 18.1 Å². The molecular weight excluding hydrogens is 607 g/mol. The van der Waals surface area contributed by atoms with Crippen LogP contribution in [0.25, 0.3) is 11.2 Å². The zero-order chi connectivity index (χ0) is 30.1. The van der Waals surface area contributed by atoms with E-state index in [0.717, 1.165) is 24.8 Å². The zero-order valence-electron chi connectivity index (χ0n) is 24.5. The Bertz CT molecular complexity index is 1450. The molecule has 0 radical (unpaired) electrons. The number of H-pyrrole nitrogens is 1. The summed E-state index contributed by atoms with van der Waals surface area (Å²) in [6.07, 6.45) is -0.925. The largest absolute Gasteiger partial charge is 0.480 e. The first-order valence-corrected chi connectivity index (χ1v) is 20.8. The number of fused-ring (bicyclic) bond motifs is 2. The lowest BCUT2D eigenvalue weighted by molar-refractivity contribution is -0.0413. The Morgan fingerprint density at radius 1 is 1.46 bits per heavy atom. The van der Waals surface area contributed by atoms with Crippen molar-refractivity contribution in [3.05, 3.63) is 28.8 Å². The first-order chi connectivity index (χ1) is 18.9. The molecule has 2 aromatic heterocycles. The van der Waals surface area contributed by atoms with Crippen molar-refractivity contribution in [3.63, 3.8) is 0 Å². The van der Waals surface area contributed by atoms with Crippen LogP contribution in [0.5, 0.6) is 6.01 Å². The van der Waals surface area contributed by atoms with E-state index in [-0.39, 0.29) is 33.7 Å². The predicted molar refractivity (Wildman–Crippen MR) is 164 cm³/mol. The van der Waals surface area contributed by atoms with Crippen molar-refractivity contribution < 1.29 is 27.7 Å². The van der Waals surface area contributed by atoms with Gasteiger partial charge in [0.15, 0.2) is 31.9 Å². The SMILES string of the molecule is C=C(C)[C@H]1CC[C@@]2(C)SP(=S)(O[C@H]3[C@@H](F)[C@H](n4cnc5c(=O)[nH]c(O)nc54)O[C@@H]3CO[Si](C)(C)C(C)(C)C)O[C@@H]2C1. The molecule has 41 heavy (non-hydrogen) atoms. The molecule has 0 bridgehead atoms. The fourth-order valence-electron chi connectivity index (χ4n) is 5.37. The number of imidazole rings is 1. The molecule has 1 unspecified atom stereocenters. The van der Waals surface area contributed by atoms with Crippen molar-refractivity contribution in [1.29, 1.82) is 0 Å². The van der Waals surface area contributed by atoms with E-state index >= 15 is 4.39 Å². The average molecular weight is 647 g/mol. The highest BCUT2D eigenvalue weighted by Crippen LogP contribution is 2.76. The molecule has 3 aliphatic rings. The van der Waals surface area contributed by atoms with Crippen LogP contribution in [-0.4, -0.2) is 68.8 Å². The Morgan fingerprint density at radius 3 is 2.83 bits per heavy atom. The van der Waals surface area contributed by atoms with Gasteiger partial charge in [0.25, 0.3) is 11.6 Å². The summed E-state index contributed by atoms with van der Waals surface area (Å²) in [5, 5.41) is 9.83. The summed E-state index contributed by atoms with van der Waals surface area (Å²) < 4.78 is 43.3. The monoisotopic (exact) mass is 646 g/mol. The summed E-state index contributed by atoms with van der Waals surface area (Å²) in [5.41, 5.74) is -2.51. The van der Waals surface area contributed by atoms with Crippen molar-refractivity contribution >= 4 is 48.4 Å². The lowest BCUT2D eigenvalue weighted by Crippen LogP contribution is -2.44. The Kier molecular flexibility index (Phi) is 8.24. The van der Waals surface area contributed by atoms with E-state index in [9.17, 15) is 9.90 Å². The lowest BCUT2D eigenvalue weighted by atomic mass is 9.77. The van der Waals surface area contributed by atoms with E-state index in [1.54, 1.807) is 0 Å². The van der Waals surface area contributed by atoms with Crippen molar-refractivity contribution in [2.24, 2.45) is 5.92 Å². The number of allylic oxidation sites excluding steroid dienone is 1. The van der Waals surface area contributed by atoms with Crippen LogP contribution < -0.4 is 5.56 Å². The van der Waals surface area contributed by atoms with Crippen LogP contribution in [0.1, 0.15) is 60.1 Å². The highest BCUT2D eigenvalue weighted by molar-refractivity contribution is 8.68. The Balaban J connectivity index is 1.44. The van der Waals surface area contributed by atoms with Crippen molar-refractivity contribution in [2.75, 3.05) is 6.61 Å². The highest BCUT2D eigenvalue weighted by Gasteiger charge is 2.57. The van der Waals surface area contributed by atoms with Gasteiger partial charge in [-0.15, -0.1) is 0 Å². The maximum atomic E-state index is 16.5. The van der Waals surface area contributed by atoms with E-state index in [1.165, 1.54) is 22.3 Å². The molecule has 0 spiro atoms. The van der Waals surface area contributed by atoms with Crippen LogP contribution in [-0.2, 0) is 30.0 Å². The third kappa shape index (κ3) is 5.87. The molecule has 2 aromatic rings. The van der Waals surface area contributed by atoms with Gasteiger partial charge < -0.3 is 23.3 Å². The van der Waals surface area contributed by atoms with Gasteiger partial charge in [0, 0.05) is 4.75 Å². The van der Waals surface area contributed by atoms with Crippen LogP contribution >= 0.6 is 17.1 Å². The van der Waals surface area contributed by atoms with Crippen molar-refractivity contribution in [2.45, 2.75) is 107 Å². The first kappa shape index (κ1) is 31.3. The number of aromatic nitrogens is 4. The number of rotatable bonds is 7. The first-order valence-electron chi connectivity index (χ1n) is 13.9. The molecule has 4 heterocycles. The molecule has 0 amide bonds. The highest BCUT2D eigenvalue weighted by atomic mass is 32.9. The summed E-state index contributed by atoms with van der Waals surface area (Å²) in [6, 6.07) is -0.599. The van der Waals surface area contributed by atoms with E-state index in [1.807, 2.05) is 6.92 Å². The molecule has 3 fully saturated rings. The average Bonchev–Trinajstić information content (AvgIpc) is 3.47. The van der Waals surface area contributed by atoms with Gasteiger partial charge in [0.05, 0.1) is 19.0 Å². The standard InChI is InChI=1S/C26H40FN4O6PS2Si/c1-14(2)15-9-10-26(6)17(11-15)36-38(39,40-26)37-20-16(12-34-41(7,8)25(3,4)5)35-23(18(20)27)31-13-28-19-21(31)29-24(33)30-22(19)32/h13,15-18,20,23H,1,9-12H2,2-8H3,(H2,29,30,32,33)/t15-,16+,17+,18+,20+,23+,26+,38?/m0/s1. The number of aromatic hydroxyl groups is 1. The van der Waals surface area contributed by atoms with Crippen molar-refractivity contribution in [3.8, 4) is 6.01 Å². The van der Waals surface area contributed by atoms with Gasteiger partial charge in [-0.05, 0) is 69.0 Å². The summed E-state index contributed by atoms with van der Waals surface area (Å²) in [6.45, 7) is 19.1. The number of nitrogens with one attached hydrogen (secondary N) is 1. The molecule has 2 aliphatic heterocycles. The summed E-state index contributed by atoms with van der Waals surface area (Å²) in [5.74, 6) is 0.357. The van der Waals surface area contributed by atoms with Gasteiger partial charge in [-0.25, -0.2) is 9.37 Å². The number of nitrogens with zero attached hydrogens (tertiary/aromatic N) is 3. The maximum absolute atomic E-state index is 16.5. The Morgan fingerprint density at radius 2 is 2.17 bits per heavy atom. The predicted octanol–water partition coefficient (Wildman–Crippen LogP) is 5.96. The molecule has 0 aromatic carbocycles. The van der Waals surface area contributed by atoms with Gasteiger partial charge in [0.1, 0.15) is 12.2 Å². The Labute approximate surface area is 249 Å².